The van der Waals surface area contributed by atoms with E-state index in [2.05, 4.69) is 43.0 Å². The first-order valence-corrected chi connectivity index (χ1v) is 12.5. The van der Waals surface area contributed by atoms with Gasteiger partial charge in [-0.05, 0) is 65.3 Å². The third-order valence-electron chi connectivity index (χ3n) is 6.43. The number of halogens is 5. The van der Waals surface area contributed by atoms with Gasteiger partial charge >= 0.3 is 6.18 Å². The fourth-order valence-electron chi connectivity index (χ4n) is 4.33. The minimum absolute atomic E-state index is 0.0322. The lowest BCUT2D eigenvalue weighted by Crippen LogP contribution is -2.07. The molecule has 0 nitrogen and oxygen atoms in total. The van der Waals surface area contributed by atoms with Crippen molar-refractivity contribution in [3.63, 3.8) is 0 Å². The van der Waals surface area contributed by atoms with Crippen molar-refractivity contribution in [3.05, 3.63) is 107 Å². The molecule has 0 aromatic heterocycles. The molecular weight excluding hydrogens is 479 g/mol. The molecule has 0 atom stereocenters. The van der Waals surface area contributed by atoms with Crippen molar-refractivity contribution in [2.75, 3.05) is 0 Å². The Kier molecular flexibility index (Phi) is 8.28. The Labute approximate surface area is 214 Å². The lowest BCUT2D eigenvalue weighted by molar-refractivity contribution is -0.140. The Morgan fingerprint density at radius 1 is 0.703 bits per heavy atom. The molecule has 37 heavy (non-hydrogen) atoms. The van der Waals surface area contributed by atoms with Crippen LogP contribution in [0.3, 0.4) is 0 Å². The van der Waals surface area contributed by atoms with Crippen molar-refractivity contribution in [2.24, 2.45) is 0 Å². The van der Waals surface area contributed by atoms with E-state index in [0.29, 0.717) is 22.9 Å². The molecule has 0 radical (unpaired) electrons. The van der Waals surface area contributed by atoms with Crippen LogP contribution in [0.25, 0.3) is 21.9 Å². The third-order valence-corrected chi connectivity index (χ3v) is 6.43. The van der Waals surface area contributed by atoms with Crippen molar-refractivity contribution in [1.82, 2.24) is 0 Å². The topological polar surface area (TPSA) is 0 Å². The Balaban J connectivity index is 1.50. The molecule has 0 saturated carbocycles. The van der Waals surface area contributed by atoms with Gasteiger partial charge in [-0.1, -0.05) is 86.9 Å². The Morgan fingerprint density at radius 2 is 1.43 bits per heavy atom. The highest BCUT2D eigenvalue weighted by Crippen LogP contribution is 2.32. The number of unbranched alkanes of at least 4 members (excludes halogenated alkanes) is 4. The van der Waals surface area contributed by atoms with Crippen LogP contribution in [0.4, 0.5) is 22.0 Å². The summed E-state index contributed by atoms with van der Waals surface area (Å²) in [6.07, 6.45) is 2.53. The minimum atomic E-state index is -4.78. The summed E-state index contributed by atoms with van der Waals surface area (Å²) in [6.45, 7) is 2.21. The Hall–Kier alpha value is -3.65. The third kappa shape index (κ3) is 6.57. The highest BCUT2D eigenvalue weighted by Gasteiger charge is 2.33. The molecule has 0 amide bonds. The van der Waals surface area contributed by atoms with Crippen LogP contribution in [0.5, 0.6) is 0 Å². The molecule has 0 N–H and O–H groups in total. The molecule has 0 aliphatic rings. The predicted octanol–water partition coefficient (Wildman–Crippen LogP) is 9.72. The number of hydrogen-bond acceptors (Lipinski definition) is 0. The zero-order valence-corrected chi connectivity index (χ0v) is 20.6. The van der Waals surface area contributed by atoms with E-state index < -0.39 is 23.4 Å². The number of rotatable bonds is 7. The molecule has 0 saturated heterocycles. The molecule has 0 aliphatic carbocycles. The predicted molar refractivity (Wildman–Crippen MR) is 139 cm³/mol. The monoisotopic (exact) mass is 506 g/mol. The van der Waals surface area contributed by atoms with Crippen LogP contribution in [0, 0.1) is 23.5 Å². The first kappa shape index (κ1) is 26.4. The number of benzene rings is 4. The molecule has 0 aliphatic heterocycles. The van der Waals surface area contributed by atoms with E-state index in [1.807, 2.05) is 12.1 Å². The molecule has 0 fully saturated rings. The summed E-state index contributed by atoms with van der Waals surface area (Å²) in [6, 6.07) is 19.6. The van der Waals surface area contributed by atoms with E-state index in [0.717, 1.165) is 23.6 Å². The summed E-state index contributed by atoms with van der Waals surface area (Å²) >= 11 is 0. The summed E-state index contributed by atoms with van der Waals surface area (Å²) in [7, 11) is 0. The van der Waals surface area contributed by atoms with Gasteiger partial charge in [-0.15, -0.1) is 0 Å². The Morgan fingerprint density at radius 3 is 2.14 bits per heavy atom. The van der Waals surface area contributed by atoms with Gasteiger partial charge in [0.2, 0.25) is 0 Å². The van der Waals surface area contributed by atoms with Crippen molar-refractivity contribution in [1.29, 1.82) is 0 Å². The van der Waals surface area contributed by atoms with Gasteiger partial charge in [0.15, 0.2) is 0 Å². The molecule has 4 aromatic carbocycles. The summed E-state index contributed by atoms with van der Waals surface area (Å²) < 4.78 is 67.1. The first-order chi connectivity index (χ1) is 17.8. The largest absolute Gasteiger partial charge is 0.419 e. The molecule has 4 rings (SSSR count). The number of hydrogen-bond donors (Lipinski definition) is 0. The molecule has 0 spiro atoms. The smallest absolute Gasteiger partial charge is 0.206 e. The summed E-state index contributed by atoms with van der Waals surface area (Å²) in [4.78, 5) is 0. The van der Waals surface area contributed by atoms with Gasteiger partial charge in [0, 0.05) is 10.9 Å². The quantitative estimate of drug-likeness (QED) is 0.133. The van der Waals surface area contributed by atoms with Gasteiger partial charge in [0.1, 0.15) is 11.6 Å². The molecule has 0 bridgehead atoms. The maximum absolute atomic E-state index is 15.1. The van der Waals surface area contributed by atoms with Crippen LogP contribution in [0.1, 0.15) is 61.3 Å². The van der Waals surface area contributed by atoms with Gasteiger partial charge in [0.05, 0.1) is 11.1 Å². The second-order valence-corrected chi connectivity index (χ2v) is 9.17. The van der Waals surface area contributed by atoms with E-state index >= 15 is 4.39 Å². The maximum Gasteiger partial charge on any atom is 0.419 e. The molecule has 0 unspecified atom stereocenters. The SMILES string of the molecule is CCCCCCCc1ccc(-c2ccc3c(F)c(C#Cc4ccc(C(F)(F)F)c(F)c4)ccc3c2)cc1. The summed E-state index contributed by atoms with van der Waals surface area (Å²) in [5.74, 6) is 3.23. The molecule has 5 heteroatoms. The summed E-state index contributed by atoms with van der Waals surface area (Å²) in [5, 5.41) is 1.10. The molecule has 190 valence electrons. The van der Waals surface area contributed by atoms with E-state index in [-0.39, 0.29) is 11.1 Å². The van der Waals surface area contributed by atoms with Crippen molar-refractivity contribution in [3.8, 4) is 23.0 Å². The molecule has 4 aromatic rings. The second-order valence-electron chi connectivity index (χ2n) is 9.17. The van der Waals surface area contributed by atoms with E-state index in [9.17, 15) is 17.6 Å². The van der Waals surface area contributed by atoms with Crippen LogP contribution in [0.15, 0.2) is 72.8 Å². The van der Waals surface area contributed by atoms with Crippen molar-refractivity contribution >= 4 is 10.8 Å². The van der Waals surface area contributed by atoms with Crippen LogP contribution in [-0.4, -0.2) is 0 Å². The second kappa shape index (κ2) is 11.6. The fraction of sp³-hybridized carbons (Fsp3) is 0.250. The highest BCUT2D eigenvalue weighted by atomic mass is 19.4. The first-order valence-electron chi connectivity index (χ1n) is 12.5. The van der Waals surface area contributed by atoms with Gasteiger partial charge in [-0.3, -0.25) is 0 Å². The minimum Gasteiger partial charge on any atom is -0.206 e. The average molecular weight is 507 g/mol. The van der Waals surface area contributed by atoms with E-state index in [1.165, 1.54) is 43.7 Å². The lowest BCUT2D eigenvalue weighted by atomic mass is 9.97. The zero-order valence-electron chi connectivity index (χ0n) is 20.6. The van der Waals surface area contributed by atoms with Crippen LogP contribution in [-0.2, 0) is 12.6 Å². The highest BCUT2D eigenvalue weighted by molar-refractivity contribution is 5.89. The number of aryl methyl sites for hydroxylation is 1. The van der Waals surface area contributed by atoms with Gasteiger partial charge in [-0.25, -0.2) is 8.78 Å². The lowest BCUT2D eigenvalue weighted by Gasteiger charge is -2.08. The molecular formula is C32H27F5. The normalized spacial score (nSPS) is 11.4. The van der Waals surface area contributed by atoms with Crippen LogP contribution >= 0.6 is 0 Å². The summed E-state index contributed by atoms with van der Waals surface area (Å²) in [5.41, 5.74) is 2.09. The van der Waals surface area contributed by atoms with Crippen molar-refractivity contribution < 1.29 is 22.0 Å². The number of fused-ring (bicyclic) bond motifs is 1. The van der Waals surface area contributed by atoms with E-state index in [4.69, 9.17) is 0 Å². The van der Waals surface area contributed by atoms with E-state index in [1.54, 1.807) is 12.1 Å². The van der Waals surface area contributed by atoms with Crippen LogP contribution in [0.2, 0.25) is 0 Å². The molecule has 0 heterocycles. The van der Waals surface area contributed by atoms with Crippen molar-refractivity contribution in [2.45, 2.75) is 51.6 Å². The van der Waals surface area contributed by atoms with Gasteiger partial charge < -0.3 is 0 Å². The van der Waals surface area contributed by atoms with Crippen LogP contribution < -0.4 is 0 Å². The fourth-order valence-corrected chi connectivity index (χ4v) is 4.33. The standard InChI is InChI=1S/C32H27F5/c1-2-3-4-5-6-7-22-8-12-24(13-9-22)26-17-18-28-27(21-26)16-15-25(31(28)34)14-10-23-11-19-29(30(33)20-23)32(35,36)37/h8-9,11-13,15-21H,2-7H2,1H3. The number of alkyl halides is 3. The van der Waals surface area contributed by atoms with Gasteiger partial charge in [-0.2, -0.15) is 13.2 Å². The zero-order chi connectivity index (χ0) is 26.4. The maximum atomic E-state index is 15.1. The van der Waals surface area contributed by atoms with Gasteiger partial charge in [0.25, 0.3) is 0 Å². The Bertz CT molecular complexity index is 1440. The average Bonchev–Trinajstić information content (AvgIpc) is 2.87.